The van der Waals surface area contributed by atoms with Crippen LogP contribution in [0.4, 0.5) is 0 Å². The predicted octanol–water partition coefficient (Wildman–Crippen LogP) is 3.44. The zero-order valence-corrected chi connectivity index (χ0v) is 19.8. The second-order valence-corrected chi connectivity index (χ2v) is 8.18. The number of esters is 1. The molecular weight excluding hydrogens is 450 g/mol. The van der Waals surface area contributed by atoms with Gasteiger partial charge in [-0.3, -0.25) is 14.6 Å². The van der Waals surface area contributed by atoms with Gasteiger partial charge in [-0.15, -0.1) is 0 Å². The van der Waals surface area contributed by atoms with Crippen LogP contribution in [-0.4, -0.2) is 51.9 Å². The largest absolute Gasteiger partial charge is 0.507 e. The summed E-state index contributed by atoms with van der Waals surface area (Å²) >= 11 is 0. The van der Waals surface area contributed by atoms with E-state index in [0.717, 1.165) is 5.56 Å². The molecule has 3 aromatic rings. The average molecular weight is 476 g/mol. The Morgan fingerprint density at radius 3 is 2.46 bits per heavy atom. The van der Waals surface area contributed by atoms with Crippen LogP contribution in [0.5, 0.6) is 5.75 Å². The van der Waals surface area contributed by atoms with Gasteiger partial charge in [-0.05, 0) is 48.7 Å². The van der Waals surface area contributed by atoms with E-state index < -0.39 is 23.7 Å². The van der Waals surface area contributed by atoms with Crippen molar-refractivity contribution in [2.24, 2.45) is 0 Å². The van der Waals surface area contributed by atoms with Gasteiger partial charge < -0.3 is 24.5 Å². The molecule has 9 heteroatoms. The molecule has 1 aromatic carbocycles. The maximum Gasteiger partial charge on any atom is 0.354 e. The molecule has 1 amide bonds. The van der Waals surface area contributed by atoms with Crippen LogP contribution in [-0.2, 0) is 20.9 Å². The van der Waals surface area contributed by atoms with Gasteiger partial charge in [0.2, 0.25) is 0 Å². The number of aromatic nitrogens is 2. The van der Waals surface area contributed by atoms with Crippen LogP contribution in [0.25, 0.3) is 5.76 Å². The lowest BCUT2D eigenvalue weighted by Crippen LogP contribution is -2.29. The molecule has 0 aliphatic carbocycles. The lowest BCUT2D eigenvalue weighted by atomic mass is 9.94. The Hall–Kier alpha value is -4.40. The van der Waals surface area contributed by atoms with Crippen molar-refractivity contribution in [3.05, 3.63) is 88.0 Å². The van der Waals surface area contributed by atoms with Crippen LogP contribution < -0.4 is 4.74 Å². The molecule has 1 aliphatic rings. The third-order valence-corrected chi connectivity index (χ3v) is 6.11. The molecule has 9 nitrogen and oxygen atoms in total. The molecule has 1 aliphatic heterocycles. The fraction of sp³-hybridized carbons (Fsp3) is 0.231. The Morgan fingerprint density at radius 2 is 1.86 bits per heavy atom. The van der Waals surface area contributed by atoms with Gasteiger partial charge in [0.1, 0.15) is 17.2 Å². The number of Topliss-reactive ketones (excluding diaryl/α,β-unsaturated/α-hetero) is 1. The topological polar surface area (TPSA) is 122 Å². The predicted molar refractivity (Wildman–Crippen MR) is 127 cm³/mol. The summed E-state index contributed by atoms with van der Waals surface area (Å²) < 4.78 is 10.1. The van der Waals surface area contributed by atoms with Crippen molar-refractivity contribution in [3.8, 4) is 5.75 Å². The van der Waals surface area contributed by atoms with Crippen LogP contribution in [0, 0.1) is 13.8 Å². The number of aliphatic hydroxyl groups is 1. The summed E-state index contributed by atoms with van der Waals surface area (Å²) in [7, 11) is 2.80. The van der Waals surface area contributed by atoms with E-state index in [4.69, 9.17) is 9.47 Å². The number of amides is 1. The molecule has 2 N–H and O–H groups in total. The highest BCUT2D eigenvalue weighted by Crippen LogP contribution is 2.42. The first-order valence-electron chi connectivity index (χ1n) is 10.9. The number of rotatable bonds is 6. The first kappa shape index (κ1) is 23.7. The second-order valence-electron chi connectivity index (χ2n) is 8.18. The van der Waals surface area contributed by atoms with Gasteiger partial charge in [-0.25, -0.2) is 4.79 Å². The van der Waals surface area contributed by atoms with Gasteiger partial charge in [0.25, 0.3) is 11.7 Å². The van der Waals surface area contributed by atoms with Crippen molar-refractivity contribution in [2.45, 2.75) is 26.4 Å². The highest BCUT2D eigenvalue weighted by atomic mass is 16.5. The molecule has 0 saturated carbocycles. The molecule has 1 atom stereocenters. The SMILES string of the molecule is COC(=O)c1[nH]c(C)c(C(O)=C2C(=O)C(=O)N(Cc3cccnc3)[C@@H]2c2ccc(OC)cc2)c1C. The van der Waals surface area contributed by atoms with Crippen LogP contribution in [0.2, 0.25) is 0 Å². The number of carbonyl (C=O) groups excluding carboxylic acids is 3. The maximum absolute atomic E-state index is 13.3. The molecule has 180 valence electrons. The number of aliphatic hydroxyl groups excluding tert-OH is 1. The Kier molecular flexibility index (Phi) is 6.42. The number of ether oxygens (including phenoxy) is 2. The summed E-state index contributed by atoms with van der Waals surface area (Å²) in [5, 5.41) is 11.4. The van der Waals surface area contributed by atoms with Crippen LogP contribution in [0.3, 0.4) is 0 Å². The number of hydrogen-bond acceptors (Lipinski definition) is 7. The van der Waals surface area contributed by atoms with Crippen molar-refractivity contribution in [2.75, 3.05) is 14.2 Å². The Balaban J connectivity index is 1.90. The monoisotopic (exact) mass is 475 g/mol. The highest BCUT2D eigenvalue weighted by molar-refractivity contribution is 6.46. The molecule has 2 aromatic heterocycles. The Labute approximate surface area is 202 Å². The number of likely N-dealkylation sites (tertiary alicyclic amines) is 1. The third kappa shape index (κ3) is 4.16. The van der Waals surface area contributed by atoms with Gasteiger partial charge in [0, 0.05) is 30.2 Å². The van der Waals surface area contributed by atoms with Crippen molar-refractivity contribution < 1.29 is 29.0 Å². The van der Waals surface area contributed by atoms with E-state index in [1.54, 1.807) is 69.7 Å². The quantitative estimate of drug-likeness (QED) is 0.242. The molecular formula is C26H25N3O6. The molecule has 1 saturated heterocycles. The van der Waals surface area contributed by atoms with E-state index in [-0.39, 0.29) is 29.1 Å². The summed E-state index contributed by atoms with van der Waals surface area (Å²) in [4.78, 5) is 47.1. The van der Waals surface area contributed by atoms with E-state index in [0.29, 0.717) is 22.6 Å². The van der Waals surface area contributed by atoms with E-state index in [1.165, 1.54) is 12.0 Å². The number of carbonyl (C=O) groups is 3. The van der Waals surface area contributed by atoms with Crippen LogP contribution >= 0.6 is 0 Å². The fourth-order valence-corrected chi connectivity index (χ4v) is 4.41. The van der Waals surface area contributed by atoms with E-state index >= 15 is 0 Å². The third-order valence-electron chi connectivity index (χ3n) is 6.11. The van der Waals surface area contributed by atoms with Gasteiger partial charge in [0.05, 0.1) is 25.8 Å². The molecule has 0 spiro atoms. The summed E-state index contributed by atoms with van der Waals surface area (Å²) in [5.41, 5.74) is 2.61. The van der Waals surface area contributed by atoms with E-state index in [9.17, 15) is 19.5 Å². The van der Waals surface area contributed by atoms with Crippen molar-refractivity contribution in [1.82, 2.24) is 14.9 Å². The minimum atomic E-state index is -0.864. The minimum Gasteiger partial charge on any atom is -0.507 e. The number of pyridine rings is 1. The summed E-state index contributed by atoms with van der Waals surface area (Å²) in [5.74, 6) is -1.91. The number of nitrogens with one attached hydrogen (secondary N) is 1. The first-order chi connectivity index (χ1) is 16.8. The maximum atomic E-state index is 13.3. The van der Waals surface area contributed by atoms with E-state index in [2.05, 4.69) is 9.97 Å². The van der Waals surface area contributed by atoms with Gasteiger partial charge >= 0.3 is 5.97 Å². The van der Waals surface area contributed by atoms with Crippen molar-refractivity contribution in [1.29, 1.82) is 0 Å². The molecule has 0 unspecified atom stereocenters. The normalized spacial score (nSPS) is 17.0. The lowest BCUT2D eigenvalue weighted by Gasteiger charge is -2.25. The molecule has 0 radical (unpaired) electrons. The molecule has 3 heterocycles. The number of methoxy groups -OCH3 is 2. The summed E-state index contributed by atoms with van der Waals surface area (Å²) in [6.07, 6.45) is 3.24. The number of aryl methyl sites for hydroxylation is 1. The number of H-pyrrole nitrogens is 1. The number of hydrogen-bond donors (Lipinski definition) is 2. The minimum absolute atomic E-state index is 0.0642. The molecule has 4 rings (SSSR count). The highest BCUT2D eigenvalue weighted by Gasteiger charge is 2.46. The zero-order chi connectivity index (χ0) is 25.3. The van der Waals surface area contributed by atoms with Crippen LogP contribution in [0.15, 0.2) is 54.4 Å². The second kappa shape index (κ2) is 9.46. The standard InChI is InChI=1S/C26H25N3O6/c1-14-19(15(2)28-21(14)26(33)35-4)23(30)20-22(17-7-9-18(34-3)10-8-17)29(25(32)24(20)31)13-16-6-5-11-27-12-16/h5-12,22,28,30H,13H2,1-4H3/t22-/m1/s1. The van der Waals surface area contributed by atoms with Gasteiger partial charge in [0.15, 0.2) is 0 Å². The zero-order valence-electron chi connectivity index (χ0n) is 19.8. The summed E-state index contributed by atoms with van der Waals surface area (Å²) in [6, 6.07) is 9.63. The Morgan fingerprint density at radius 1 is 1.14 bits per heavy atom. The molecule has 35 heavy (non-hydrogen) atoms. The lowest BCUT2D eigenvalue weighted by molar-refractivity contribution is -0.140. The van der Waals surface area contributed by atoms with Gasteiger partial charge in [-0.2, -0.15) is 0 Å². The summed E-state index contributed by atoms with van der Waals surface area (Å²) in [6.45, 7) is 3.42. The van der Waals surface area contributed by atoms with Crippen LogP contribution in [0.1, 0.15) is 44.5 Å². The Bertz CT molecular complexity index is 1330. The number of benzene rings is 1. The smallest absolute Gasteiger partial charge is 0.354 e. The number of nitrogens with zero attached hydrogens (tertiary/aromatic N) is 2. The van der Waals surface area contributed by atoms with Gasteiger partial charge in [-0.1, -0.05) is 18.2 Å². The number of aromatic amines is 1. The number of ketones is 1. The van der Waals surface area contributed by atoms with Crippen molar-refractivity contribution in [3.63, 3.8) is 0 Å². The average Bonchev–Trinajstić information content (AvgIpc) is 3.31. The molecule has 1 fully saturated rings. The first-order valence-corrected chi connectivity index (χ1v) is 10.9. The van der Waals surface area contributed by atoms with E-state index in [1.807, 2.05) is 0 Å². The fourth-order valence-electron chi connectivity index (χ4n) is 4.41. The molecule has 0 bridgehead atoms. The van der Waals surface area contributed by atoms with Crippen molar-refractivity contribution >= 4 is 23.4 Å².